The van der Waals surface area contributed by atoms with Gasteiger partial charge in [0.1, 0.15) is 9.26 Å². The number of benzene rings is 1. The van der Waals surface area contributed by atoms with Gasteiger partial charge < -0.3 is 9.84 Å². The molecule has 0 aliphatic rings. The summed E-state index contributed by atoms with van der Waals surface area (Å²) in [6.45, 7) is 3.34. The van der Waals surface area contributed by atoms with E-state index in [1.165, 1.54) is 12.1 Å². The van der Waals surface area contributed by atoms with Crippen molar-refractivity contribution in [3.63, 3.8) is 0 Å². The van der Waals surface area contributed by atoms with Crippen LogP contribution in [0.25, 0.3) is 0 Å². The van der Waals surface area contributed by atoms with Crippen molar-refractivity contribution in [2.45, 2.75) is 13.8 Å². The predicted molar refractivity (Wildman–Crippen MR) is 77.7 cm³/mol. The van der Waals surface area contributed by atoms with Gasteiger partial charge >= 0.3 is 5.97 Å². The van der Waals surface area contributed by atoms with Gasteiger partial charge in [-0.05, 0) is 54.1 Å². The predicted octanol–water partition coefficient (Wildman–Crippen LogP) is 3.33. The molecular formula is C13H10FIN2O3. The Labute approximate surface area is 127 Å². The number of hydrogen-bond donors (Lipinski definition) is 1. The first-order valence-corrected chi connectivity index (χ1v) is 6.68. The zero-order valence-corrected chi connectivity index (χ0v) is 12.8. The maximum atomic E-state index is 13.7. The second kappa shape index (κ2) is 5.70. The molecular weight excluding hydrogens is 378 g/mol. The van der Waals surface area contributed by atoms with Gasteiger partial charge in [-0.3, -0.25) is 0 Å². The Bertz CT molecular complexity index is 692. The van der Waals surface area contributed by atoms with Gasteiger partial charge in [-0.25, -0.2) is 9.18 Å². The second-order valence-corrected chi connectivity index (χ2v) is 5.16. The lowest BCUT2D eigenvalue weighted by atomic mass is 10.2. The first-order valence-electron chi connectivity index (χ1n) is 5.60. The molecule has 0 aliphatic heterocycles. The average Bonchev–Trinajstić information content (AvgIpc) is 2.36. The van der Waals surface area contributed by atoms with Gasteiger partial charge in [0, 0.05) is 5.56 Å². The number of aromatic nitrogens is 2. The van der Waals surface area contributed by atoms with Crippen LogP contribution in [0.4, 0.5) is 4.39 Å². The summed E-state index contributed by atoms with van der Waals surface area (Å²) >= 11 is 1.88. The minimum atomic E-state index is -1.20. The summed E-state index contributed by atoms with van der Waals surface area (Å²) < 4.78 is 19.4. The zero-order valence-electron chi connectivity index (χ0n) is 10.6. The van der Waals surface area contributed by atoms with E-state index in [1.807, 2.05) is 22.6 Å². The van der Waals surface area contributed by atoms with E-state index < -0.39 is 11.8 Å². The number of rotatable bonds is 3. The van der Waals surface area contributed by atoms with Crippen molar-refractivity contribution >= 4 is 28.6 Å². The second-order valence-electron chi connectivity index (χ2n) is 4.14. The van der Waals surface area contributed by atoms with Gasteiger partial charge in [0.25, 0.3) is 5.88 Å². The maximum Gasteiger partial charge on any atom is 0.341 e. The van der Waals surface area contributed by atoms with E-state index >= 15 is 0 Å². The highest BCUT2D eigenvalue weighted by Gasteiger charge is 2.21. The van der Waals surface area contributed by atoms with Crippen LogP contribution in [-0.4, -0.2) is 21.3 Å². The Kier molecular flexibility index (Phi) is 4.17. The van der Waals surface area contributed by atoms with Crippen molar-refractivity contribution in [3.05, 3.63) is 44.4 Å². The molecule has 2 rings (SSSR count). The molecule has 1 aromatic carbocycles. The largest absolute Gasteiger partial charge is 0.477 e. The highest BCUT2D eigenvalue weighted by molar-refractivity contribution is 14.1. The molecule has 7 heteroatoms. The number of carboxylic acids is 1. The van der Waals surface area contributed by atoms with E-state index in [2.05, 4.69) is 10.2 Å². The number of halogens is 2. The number of carbonyl (C=O) groups is 1. The van der Waals surface area contributed by atoms with Crippen molar-refractivity contribution in [2.75, 3.05) is 0 Å². The Balaban J connectivity index is 2.48. The molecule has 0 spiro atoms. The van der Waals surface area contributed by atoms with E-state index in [4.69, 9.17) is 4.74 Å². The van der Waals surface area contributed by atoms with Crippen LogP contribution in [0.3, 0.4) is 0 Å². The third-order valence-corrected chi connectivity index (χ3v) is 3.66. The van der Waals surface area contributed by atoms with Crippen molar-refractivity contribution in [3.8, 4) is 11.6 Å². The summed E-state index contributed by atoms with van der Waals surface area (Å²) in [5, 5.41) is 16.7. The fraction of sp³-hybridized carbons (Fsp3) is 0.154. The third kappa shape index (κ3) is 2.87. The minimum Gasteiger partial charge on any atom is -0.477 e. The summed E-state index contributed by atoms with van der Waals surface area (Å²) in [6, 6.07) is 4.37. The van der Waals surface area contributed by atoms with Crippen LogP contribution in [0.1, 0.15) is 21.5 Å². The monoisotopic (exact) mass is 388 g/mol. The van der Waals surface area contributed by atoms with Crippen molar-refractivity contribution < 1.29 is 19.0 Å². The molecule has 0 amide bonds. The highest BCUT2D eigenvalue weighted by atomic mass is 127. The molecule has 1 heterocycles. The van der Waals surface area contributed by atoms with E-state index in [0.29, 0.717) is 9.26 Å². The van der Waals surface area contributed by atoms with Crippen molar-refractivity contribution in [2.24, 2.45) is 0 Å². The number of aromatic carboxylic acids is 1. The van der Waals surface area contributed by atoms with E-state index in [1.54, 1.807) is 19.9 Å². The zero-order chi connectivity index (χ0) is 14.9. The lowest BCUT2D eigenvalue weighted by Crippen LogP contribution is -2.09. The molecule has 2 aromatic rings. The fourth-order valence-corrected chi connectivity index (χ4v) is 1.97. The Morgan fingerprint density at radius 2 is 2.05 bits per heavy atom. The molecule has 1 N–H and O–H groups in total. The molecule has 104 valence electrons. The van der Waals surface area contributed by atoms with E-state index in [9.17, 15) is 14.3 Å². The first kappa shape index (κ1) is 14.6. The normalized spacial score (nSPS) is 10.4. The molecule has 0 aliphatic carbocycles. The molecule has 0 radical (unpaired) electrons. The summed E-state index contributed by atoms with van der Waals surface area (Å²) in [6.07, 6.45) is 0. The summed E-state index contributed by atoms with van der Waals surface area (Å²) in [7, 11) is 0. The summed E-state index contributed by atoms with van der Waals surface area (Å²) in [5.74, 6) is -2.09. The van der Waals surface area contributed by atoms with Crippen LogP contribution in [0.15, 0.2) is 18.2 Å². The lowest BCUT2D eigenvalue weighted by molar-refractivity contribution is 0.0692. The fourth-order valence-electron chi connectivity index (χ4n) is 1.59. The molecule has 20 heavy (non-hydrogen) atoms. The van der Waals surface area contributed by atoms with Gasteiger partial charge in [0.05, 0.1) is 0 Å². The molecule has 0 bridgehead atoms. The van der Waals surface area contributed by atoms with Gasteiger partial charge in [0.2, 0.25) is 0 Å². The molecule has 0 saturated heterocycles. The number of ether oxygens (including phenoxy) is 1. The topological polar surface area (TPSA) is 72.3 Å². The molecule has 0 atom stereocenters. The van der Waals surface area contributed by atoms with Crippen LogP contribution >= 0.6 is 22.6 Å². The molecule has 0 unspecified atom stereocenters. The molecule has 0 saturated carbocycles. The minimum absolute atomic E-state index is 0.0898. The smallest absolute Gasteiger partial charge is 0.341 e. The molecule has 5 nitrogen and oxygen atoms in total. The van der Waals surface area contributed by atoms with Crippen LogP contribution in [0.5, 0.6) is 11.6 Å². The van der Waals surface area contributed by atoms with Crippen molar-refractivity contribution in [1.29, 1.82) is 0 Å². The number of hydrogen-bond acceptors (Lipinski definition) is 4. The van der Waals surface area contributed by atoms with Gasteiger partial charge in [-0.15, -0.1) is 10.2 Å². The van der Waals surface area contributed by atoms with Crippen LogP contribution in [0.2, 0.25) is 0 Å². The Morgan fingerprint density at radius 3 is 2.65 bits per heavy atom. The standard InChI is InChI=1S/C13H10FIN2O3/c1-6-3-4-9(8(14)5-6)20-12-10(13(18)19)7(2)11(15)16-17-12/h3-5H,1-2H3,(H,18,19). The molecule has 0 fully saturated rings. The molecule has 1 aromatic heterocycles. The van der Waals surface area contributed by atoms with Gasteiger partial charge in [-0.2, -0.15) is 0 Å². The van der Waals surface area contributed by atoms with Crippen LogP contribution in [0, 0.1) is 23.4 Å². The highest BCUT2D eigenvalue weighted by Crippen LogP contribution is 2.28. The number of carboxylic acid groups (broad SMARTS) is 1. The van der Waals surface area contributed by atoms with Crippen molar-refractivity contribution in [1.82, 2.24) is 10.2 Å². The average molecular weight is 388 g/mol. The Morgan fingerprint density at radius 1 is 1.35 bits per heavy atom. The van der Waals surface area contributed by atoms with E-state index in [-0.39, 0.29) is 17.2 Å². The number of nitrogens with zero attached hydrogens (tertiary/aromatic N) is 2. The Hall–Kier alpha value is -1.77. The summed E-state index contributed by atoms with van der Waals surface area (Å²) in [4.78, 5) is 11.3. The maximum absolute atomic E-state index is 13.7. The van der Waals surface area contributed by atoms with Crippen LogP contribution in [-0.2, 0) is 0 Å². The SMILES string of the molecule is Cc1ccc(Oc2nnc(I)c(C)c2C(=O)O)c(F)c1. The number of aryl methyl sites for hydroxylation is 1. The first-order chi connectivity index (χ1) is 9.40. The quantitative estimate of drug-likeness (QED) is 0.817. The van der Waals surface area contributed by atoms with Crippen LogP contribution < -0.4 is 4.74 Å². The van der Waals surface area contributed by atoms with E-state index in [0.717, 1.165) is 5.56 Å². The lowest BCUT2D eigenvalue weighted by Gasteiger charge is -2.10. The van der Waals surface area contributed by atoms with Gasteiger partial charge in [0.15, 0.2) is 11.6 Å². The summed E-state index contributed by atoms with van der Waals surface area (Å²) in [5.41, 5.74) is 1.04. The third-order valence-electron chi connectivity index (χ3n) is 2.63. The van der Waals surface area contributed by atoms with Gasteiger partial charge in [-0.1, -0.05) is 6.07 Å².